The van der Waals surface area contributed by atoms with Gasteiger partial charge in [0.15, 0.2) is 0 Å². The summed E-state index contributed by atoms with van der Waals surface area (Å²) in [6.45, 7) is 3.42. The maximum atomic E-state index is 7.82. The van der Waals surface area contributed by atoms with Crippen molar-refractivity contribution < 1.29 is 12.9 Å². The third kappa shape index (κ3) is 6.73. The van der Waals surface area contributed by atoms with E-state index in [9.17, 15) is 0 Å². The molecule has 0 aliphatic heterocycles. The fourth-order valence-electron chi connectivity index (χ4n) is 6.54. The average Bonchev–Trinajstić information content (AvgIpc) is 3.14. The molecule has 6 aromatic carbocycles. The van der Waals surface area contributed by atoms with Crippen molar-refractivity contribution >= 4 is 60.9 Å². The molecule has 0 bridgehead atoms. The molecule has 0 aliphatic rings. The Balaban J connectivity index is 1.63. The van der Waals surface area contributed by atoms with Crippen molar-refractivity contribution in [2.75, 3.05) is 40.0 Å². The molecule has 0 spiro atoms. The Labute approximate surface area is 294 Å². The fourth-order valence-corrected chi connectivity index (χ4v) is 21.9. The van der Waals surface area contributed by atoms with E-state index in [2.05, 4.69) is 222 Å². The Hall–Kier alpha value is -3.08. The molecule has 0 unspecified atom stereocenters. The zero-order valence-corrected chi connectivity index (χ0v) is 32.9. The van der Waals surface area contributed by atoms with Crippen molar-refractivity contribution in [2.24, 2.45) is 0 Å². The van der Waals surface area contributed by atoms with Crippen LogP contribution in [0.15, 0.2) is 182 Å². The molecule has 0 fully saturated rings. The molecular formula is C42H48O3P4. The molecule has 6 aromatic rings. The van der Waals surface area contributed by atoms with Gasteiger partial charge in [0.2, 0.25) is 0 Å². The van der Waals surface area contributed by atoms with Crippen molar-refractivity contribution in [3.63, 3.8) is 0 Å². The predicted octanol–water partition coefficient (Wildman–Crippen LogP) is 9.40. The first kappa shape index (κ1) is 35.7. The fraction of sp³-hybridized carbons (Fsp3) is 0.143. The van der Waals surface area contributed by atoms with Crippen LogP contribution in [0.2, 0.25) is 0 Å². The normalized spacial score (nSPS) is 15.4. The molecule has 0 aromatic heterocycles. The van der Waals surface area contributed by atoms with Gasteiger partial charge in [-0.2, -0.15) is 0 Å². The molecule has 0 heterocycles. The second-order valence-corrected chi connectivity index (χ2v) is 32.0. The topological polar surface area (TPSA) is 27.7 Å². The summed E-state index contributed by atoms with van der Waals surface area (Å²) in [6.07, 6.45) is 0. The van der Waals surface area contributed by atoms with E-state index in [-0.39, 0.29) is 0 Å². The molecule has 0 amide bonds. The number of rotatable bonds is 12. The standard InChI is InChI=1S/C42H48O3P4/c1-47(2,37-25-13-7-14-26-37,38-27-15-8-16-28-38)43-46(44-48(3,4,39-29-17-9-18-30-39)40-31-19-10-20-32-40)45-49(5,6,41-33-21-11-22-34-41)42-35-23-12-24-36-42/h7-36H,1-6H3. The van der Waals surface area contributed by atoms with Crippen LogP contribution in [-0.4, -0.2) is 40.0 Å². The van der Waals surface area contributed by atoms with Gasteiger partial charge in [-0.1, -0.05) is 0 Å². The summed E-state index contributed by atoms with van der Waals surface area (Å²) in [6, 6.07) is 63.8. The van der Waals surface area contributed by atoms with Crippen LogP contribution in [-0.2, 0) is 12.9 Å². The molecule has 7 heteroatoms. The van der Waals surface area contributed by atoms with Gasteiger partial charge in [0.25, 0.3) is 0 Å². The van der Waals surface area contributed by atoms with E-state index in [1.807, 2.05) is 0 Å². The Morgan fingerprint density at radius 1 is 0.265 bits per heavy atom. The summed E-state index contributed by atoms with van der Waals surface area (Å²) in [5.41, 5.74) is 0. The third-order valence-corrected chi connectivity index (χ3v) is 28.3. The summed E-state index contributed by atoms with van der Waals surface area (Å²) < 4.78 is 23.5. The molecular weight excluding hydrogens is 676 g/mol. The van der Waals surface area contributed by atoms with Crippen molar-refractivity contribution in [3.05, 3.63) is 182 Å². The second kappa shape index (κ2) is 13.2. The first-order valence-corrected chi connectivity index (χ1v) is 26.8. The van der Waals surface area contributed by atoms with Gasteiger partial charge in [-0.25, -0.2) is 0 Å². The molecule has 0 aliphatic carbocycles. The zero-order valence-electron chi connectivity index (χ0n) is 29.3. The Kier molecular flexibility index (Phi) is 9.65. The van der Waals surface area contributed by atoms with Gasteiger partial charge in [0.1, 0.15) is 0 Å². The van der Waals surface area contributed by atoms with Crippen LogP contribution < -0.4 is 31.8 Å². The molecule has 49 heavy (non-hydrogen) atoms. The summed E-state index contributed by atoms with van der Waals surface area (Å²) in [7, 11) is -2.04. The monoisotopic (exact) mass is 724 g/mol. The zero-order chi connectivity index (χ0) is 34.7. The Morgan fingerprint density at radius 2 is 0.408 bits per heavy atom. The first-order valence-electron chi connectivity index (χ1n) is 16.6. The summed E-state index contributed by atoms with van der Waals surface area (Å²) in [4.78, 5) is 0. The van der Waals surface area contributed by atoms with E-state index in [4.69, 9.17) is 12.9 Å². The molecule has 0 radical (unpaired) electrons. The number of hydrogen-bond acceptors (Lipinski definition) is 3. The molecule has 0 saturated heterocycles. The Bertz CT molecular complexity index is 1620. The maximum absolute atomic E-state index is 7.82. The van der Waals surface area contributed by atoms with Crippen LogP contribution in [0.3, 0.4) is 0 Å². The first-order chi connectivity index (χ1) is 23.3. The van der Waals surface area contributed by atoms with Crippen LogP contribution in [0, 0.1) is 0 Å². The van der Waals surface area contributed by atoms with Gasteiger partial charge >= 0.3 is 296 Å². The summed E-state index contributed by atoms with van der Waals surface area (Å²) in [5, 5.41) is 6.82. The SMILES string of the molecule is CP(C)(OP(OP(C)(C)(c1ccccc1)c1ccccc1)OP(C)(C)(c1ccccc1)c1ccccc1)(c1ccccc1)c1ccccc1. The average molecular weight is 725 g/mol. The summed E-state index contributed by atoms with van der Waals surface area (Å²) >= 11 is 0. The van der Waals surface area contributed by atoms with Gasteiger partial charge < -0.3 is 0 Å². The van der Waals surface area contributed by atoms with E-state index < -0.39 is 29.1 Å². The number of benzene rings is 6. The molecule has 0 atom stereocenters. The van der Waals surface area contributed by atoms with E-state index in [1.54, 1.807) is 0 Å². The van der Waals surface area contributed by atoms with Crippen LogP contribution in [0.4, 0.5) is 0 Å². The van der Waals surface area contributed by atoms with Gasteiger partial charge in [-0.05, 0) is 0 Å². The van der Waals surface area contributed by atoms with E-state index in [1.165, 1.54) is 0 Å². The Morgan fingerprint density at radius 3 is 0.551 bits per heavy atom. The minimum absolute atomic E-state index is 1.14. The van der Waals surface area contributed by atoms with Crippen LogP contribution in [0.5, 0.6) is 0 Å². The van der Waals surface area contributed by atoms with E-state index in [0.29, 0.717) is 0 Å². The van der Waals surface area contributed by atoms with E-state index >= 15 is 0 Å². The number of hydrogen-bond donors (Lipinski definition) is 0. The van der Waals surface area contributed by atoms with Gasteiger partial charge in [-0.3, -0.25) is 0 Å². The molecule has 0 N–H and O–H groups in total. The van der Waals surface area contributed by atoms with Crippen molar-refractivity contribution in [1.82, 2.24) is 0 Å². The van der Waals surface area contributed by atoms with E-state index in [0.717, 1.165) is 31.8 Å². The second-order valence-electron chi connectivity index (χ2n) is 14.5. The minimum atomic E-state index is -3.43. The molecule has 3 nitrogen and oxygen atoms in total. The van der Waals surface area contributed by atoms with Gasteiger partial charge in [0.05, 0.1) is 0 Å². The molecule has 0 saturated carbocycles. The van der Waals surface area contributed by atoms with Crippen LogP contribution >= 0.6 is 29.1 Å². The third-order valence-electron chi connectivity index (χ3n) is 9.98. The van der Waals surface area contributed by atoms with Gasteiger partial charge in [0, 0.05) is 0 Å². The van der Waals surface area contributed by atoms with Crippen molar-refractivity contribution in [1.29, 1.82) is 0 Å². The van der Waals surface area contributed by atoms with Gasteiger partial charge in [-0.15, -0.1) is 0 Å². The summed E-state index contributed by atoms with van der Waals surface area (Å²) in [5.74, 6) is 0. The van der Waals surface area contributed by atoms with Crippen LogP contribution in [0.1, 0.15) is 0 Å². The molecule has 254 valence electrons. The van der Waals surface area contributed by atoms with Crippen molar-refractivity contribution in [3.8, 4) is 0 Å². The van der Waals surface area contributed by atoms with Crippen LogP contribution in [0.25, 0.3) is 0 Å². The predicted molar refractivity (Wildman–Crippen MR) is 223 cm³/mol. The molecule has 6 rings (SSSR count). The quantitative estimate of drug-likeness (QED) is 0.118. The van der Waals surface area contributed by atoms with Crippen molar-refractivity contribution in [2.45, 2.75) is 0 Å².